The van der Waals surface area contributed by atoms with E-state index in [4.69, 9.17) is 0 Å². The summed E-state index contributed by atoms with van der Waals surface area (Å²) in [5.74, 6) is 0.633. The average molecular weight is 401 g/mol. The number of sulfonamides is 1. The fraction of sp³-hybridized carbons (Fsp3) is 0.381. The first kappa shape index (κ1) is 20.4. The zero-order valence-electron chi connectivity index (χ0n) is 16.3. The van der Waals surface area contributed by atoms with Crippen molar-refractivity contribution in [2.45, 2.75) is 37.2 Å². The molecule has 0 unspecified atom stereocenters. The van der Waals surface area contributed by atoms with E-state index in [9.17, 15) is 8.42 Å². The number of hydrogen-bond acceptors (Lipinski definition) is 3. The van der Waals surface area contributed by atoms with E-state index in [-0.39, 0.29) is 0 Å². The average Bonchev–Trinajstić information content (AvgIpc) is 2.75. The molecule has 6 nitrogen and oxygen atoms in total. The highest BCUT2D eigenvalue weighted by atomic mass is 32.2. The first-order valence-electron chi connectivity index (χ1n) is 9.68. The van der Waals surface area contributed by atoms with Gasteiger partial charge in [0.15, 0.2) is 5.96 Å². The Hall–Kier alpha value is -2.38. The molecule has 2 N–H and O–H groups in total. The monoisotopic (exact) mass is 400 g/mol. The second kappa shape index (κ2) is 9.71. The van der Waals surface area contributed by atoms with Crippen LogP contribution in [0.1, 0.15) is 30.4 Å². The molecule has 1 aliphatic heterocycles. The van der Waals surface area contributed by atoms with Gasteiger partial charge in [0, 0.05) is 33.2 Å². The van der Waals surface area contributed by atoms with E-state index < -0.39 is 10.0 Å². The predicted octanol–water partition coefficient (Wildman–Crippen LogP) is 2.73. The van der Waals surface area contributed by atoms with Crippen molar-refractivity contribution in [3.8, 4) is 0 Å². The molecule has 3 rings (SSSR count). The topological polar surface area (TPSA) is 73.8 Å². The summed E-state index contributed by atoms with van der Waals surface area (Å²) >= 11 is 0. The fourth-order valence-electron chi connectivity index (χ4n) is 3.33. The summed E-state index contributed by atoms with van der Waals surface area (Å²) in [6.07, 6.45) is 2.95. The molecule has 150 valence electrons. The van der Waals surface area contributed by atoms with Crippen LogP contribution in [0.15, 0.2) is 64.5 Å². The van der Waals surface area contributed by atoms with Gasteiger partial charge < -0.3 is 10.6 Å². The van der Waals surface area contributed by atoms with Crippen LogP contribution in [-0.4, -0.2) is 38.8 Å². The second-order valence-electron chi connectivity index (χ2n) is 6.84. The smallest absolute Gasteiger partial charge is 0.243 e. The minimum atomic E-state index is -3.47. The van der Waals surface area contributed by atoms with Crippen LogP contribution in [-0.2, 0) is 23.1 Å². The minimum Gasteiger partial charge on any atom is -0.352 e. The van der Waals surface area contributed by atoms with Gasteiger partial charge in [-0.05, 0) is 30.0 Å². The first-order chi connectivity index (χ1) is 13.6. The summed E-state index contributed by atoms with van der Waals surface area (Å²) in [5.41, 5.74) is 1.90. The van der Waals surface area contributed by atoms with Crippen molar-refractivity contribution in [1.29, 1.82) is 0 Å². The van der Waals surface area contributed by atoms with Crippen molar-refractivity contribution in [3.05, 3.63) is 65.7 Å². The summed E-state index contributed by atoms with van der Waals surface area (Å²) < 4.78 is 27.8. The normalized spacial score (nSPS) is 16.0. The van der Waals surface area contributed by atoms with Crippen molar-refractivity contribution in [3.63, 3.8) is 0 Å². The van der Waals surface area contributed by atoms with Gasteiger partial charge in [-0.3, -0.25) is 4.99 Å². The molecule has 7 heteroatoms. The van der Waals surface area contributed by atoms with Gasteiger partial charge in [-0.15, -0.1) is 0 Å². The third kappa shape index (κ3) is 5.11. The molecule has 28 heavy (non-hydrogen) atoms. The molecule has 0 bridgehead atoms. The third-order valence-electron chi connectivity index (χ3n) is 4.88. The first-order valence-corrected chi connectivity index (χ1v) is 11.1. The molecule has 0 spiro atoms. The van der Waals surface area contributed by atoms with Gasteiger partial charge in [0.1, 0.15) is 0 Å². The van der Waals surface area contributed by atoms with E-state index >= 15 is 0 Å². The van der Waals surface area contributed by atoms with E-state index in [1.807, 2.05) is 42.5 Å². The Bertz CT molecular complexity index is 892. The molecule has 0 aliphatic carbocycles. The molecule has 2 aromatic carbocycles. The lowest BCUT2D eigenvalue weighted by molar-refractivity contribution is 0.346. The zero-order chi connectivity index (χ0) is 19.8. The van der Waals surface area contributed by atoms with Crippen molar-refractivity contribution in [2.75, 3.05) is 20.1 Å². The molecule has 0 saturated carbocycles. The second-order valence-corrected chi connectivity index (χ2v) is 8.74. The molecule has 1 aliphatic rings. The van der Waals surface area contributed by atoms with E-state index in [1.165, 1.54) is 0 Å². The minimum absolute atomic E-state index is 0.378. The van der Waals surface area contributed by atoms with Crippen molar-refractivity contribution >= 4 is 16.0 Å². The molecular weight excluding hydrogens is 372 g/mol. The number of benzene rings is 2. The van der Waals surface area contributed by atoms with Crippen LogP contribution < -0.4 is 10.6 Å². The van der Waals surface area contributed by atoms with Crippen molar-refractivity contribution in [2.24, 2.45) is 4.99 Å². The van der Waals surface area contributed by atoms with E-state index in [2.05, 4.69) is 15.6 Å². The molecule has 1 heterocycles. The highest BCUT2D eigenvalue weighted by Crippen LogP contribution is 2.23. The quantitative estimate of drug-likeness (QED) is 0.578. The van der Waals surface area contributed by atoms with Gasteiger partial charge in [-0.1, -0.05) is 55.0 Å². The van der Waals surface area contributed by atoms with Gasteiger partial charge in [0.25, 0.3) is 0 Å². The van der Waals surface area contributed by atoms with Crippen LogP contribution >= 0.6 is 0 Å². The zero-order valence-corrected chi connectivity index (χ0v) is 17.1. The maximum absolute atomic E-state index is 13.1. The Morgan fingerprint density at radius 2 is 1.57 bits per heavy atom. The van der Waals surface area contributed by atoms with Gasteiger partial charge in [-0.25, -0.2) is 8.42 Å². The molecule has 0 atom stereocenters. The lowest BCUT2D eigenvalue weighted by Crippen LogP contribution is -2.38. The van der Waals surface area contributed by atoms with Gasteiger partial charge in [-0.2, -0.15) is 4.31 Å². The third-order valence-corrected chi connectivity index (χ3v) is 6.88. The lowest BCUT2D eigenvalue weighted by atomic mass is 10.2. The summed E-state index contributed by atoms with van der Waals surface area (Å²) in [7, 11) is -1.76. The van der Waals surface area contributed by atoms with Gasteiger partial charge in [0.05, 0.1) is 4.90 Å². The SMILES string of the molecule is CN=C(NCc1ccccc1)NCc1ccccc1S(=O)(=O)N1CCCCC1. The number of hydrogen-bond donors (Lipinski definition) is 2. The number of nitrogens with zero attached hydrogens (tertiary/aromatic N) is 2. The van der Waals surface area contributed by atoms with Crippen LogP contribution in [0, 0.1) is 0 Å². The molecular formula is C21H28N4O2S. The lowest BCUT2D eigenvalue weighted by Gasteiger charge is -2.27. The van der Waals surface area contributed by atoms with E-state index in [0.717, 1.165) is 30.4 Å². The molecule has 1 fully saturated rings. The van der Waals surface area contributed by atoms with Crippen LogP contribution in [0.3, 0.4) is 0 Å². The standard InChI is InChI=1S/C21H28N4O2S/c1-22-21(23-16-18-10-4-2-5-11-18)24-17-19-12-6-7-13-20(19)28(26,27)25-14-8-3-9-15-25/h2,4-7,10-13H,3,8-9,14-17H2,1H3,(H2,22,23,24). The molecule has 2 aromatic rings. The molecule has 0 aromatic heterocycles. The summed E-state index contributed by atoms with van der Waals surface area (Å²) in [4.78, 5) is 4.61. The number of rotatable bonds is 6. The highest BCUT2D eigenvalue weighted by molar-refractivity contribution is 7.89. The number of guanidine groups is 1. The van der Waals surface area contributed by atoms with E-state index in [1.54, 1.807) is 23.5 Å². The predicted molar refractivity (Wildman–Crippen MR) is 113 cm³/mol. The number of aliphatic imine (C=N–C) groups is 1. The largest absolute Gasteiger partial charge is 0.352 e. The summed E-state index contributed by atoms with van der Waals surface area (Å²) in [6, 6.07) is 17.3. The number of piperidine rings is 1. The van der Waals surface area contributed by atoms with Gasteiger partial charge in [0.2, 0.25) is 10.0 Å². The molecule has 0 amide bonds. The summed E-state index contributed by atoms with van der Waals surface area (Å²) in [5, 5.41) is 6.48. The maximum atomic E-state index is 13.1. The van der Waals surface area contributed by atoms with E-state index in [0.29, 0.717) is 37.0 Å². The van der Waals surface area contributed by atoms with Crippen LogP contribution in [0.2, 0.25) is 0 Å². The number of nitrogens with one attached hydrogen (secondary N) is 2. The van der Waals surface area contributed by atoms with Gasteiger partial charge >= 0.3 is 0 Å². The highest BCUT2D eigenvalue weighted by Gasteiger charge is 2.27. The molecule has 1 saturated heterocycles. The Morgan fingerprint density at radius 1 is 0.929 bits per heavy atom. The van der Waals surface area contributed by atoms with Crippen LogP contribution in [0.5, 0.6) is 0 Å². The summed E-state index contributed by atoms with van der Waals surface area (Å²) in [6.45, 7) is 2.24. The van der Waals surface area contributed by atoms with Crippen molar-refractivity contribution < 1.29 is 8.42 Å². The fourth-order valence-corrected chi connectivity index (χ4v) is 5.07. The Labute approximate surface area is 167 Å². The van der Waals surface area contributed by atoms with Crippen molar-refractivity contribution in [1.82, 2.24) is 14.9 Å². The Morgan fingerprint density at radius 3 is 2.29 bits per heavy atom. The maximum Gasteiger partial charge on any atom is 0.243 e. The molecule has 0 radical (unpaired) electrons. The Kier molecular flexibility index (Phi) is 7.06. The van der Waals surface area contributed by atoms with Crippen LogP contribution in [0.25, 0.3) is 0 Å². The Balaban J connectivity index is 1.67. The van der Waals surface area contributed by atoms with Crippen LogP contribution in [0.4, 0.5) is 0 Å².